The largest absolute Gasteiger partial charge is 0.328 e. The molecule has 106 valence electrons. The Kier molecular flexibility index (Phi) is 3.31. The fourth-order valence-electron chi connectivity index (χ4n) is 2.67. The lowest BCUT2D eigenvalue weighted by Crippen LogP contribution is -2.38. The molecule has 0 saturated carbocycles. The molecule has 4 heteroatoms. The van der Waals surface area contributed by atoms with Gasteiger partial charge in [-0.1, -0.05) is 42.0 Å². The first-order valence-corrected chi connectivity index (χ1v) is 6.87. The quantitative estimate of drug-likeness (QED) is 0.877. The van der Waals surface area contributed by atoms with Crippen molar-refractivity contribution in [2.75, 3.05) is 6.54 Å². The summed E-state index contributed by atoms with van der Waals surface area (Å²) in [4.78, 5) is 26.3. The van der Waals surface area contributed by atoms with Gasteiger partial charge in [-0.05, 0) is 24.6 Å². The number of imide groups is 1. The average Bonchev–Trinajstić information content (AvgIpc) is 2.76. The van der Waals surface area contributed by atoms with Gasteiger partial charge >= 0.3 is 0 Å². The number of benzene rings is 2. The van der Waals surface area contributed by atoms with Crippen molar-refractivity contribution in [3.8, 4) is 0 Å². The molecule has 0 bridgehead atoms. The number of nitrogens with two attached hydrogens (primary N) is 1. The molecule has 4 nitrogen and oxygen atoms in total. The number of rotatable bonds is 3. The minimum Gasteiger partial charge on any atom is -0.328 e. The molecule has 0 fully saturated rings. The molecule has 1 aliphatic heterocycles. The van der Waals surface area contributed by atoms with E-state index >= 15 is 0 Å². The fraction of sp³-hybridized carbons (Fsp3) is 0.176. The van der Waals surface area contributed by atoms with Crippen molar-refractivity contribution in [3.05, 3.63) is 70.8 Å². The minimum atomic E-state index is -0.432. The maximum Gasteiger partial charge on any atom is 0.262 e. The average molecular weight is 280 g/mol. The van der Waals surface area contributed by atoms with Gasteiger partial charge in [-0.2, -0.15) is 0 Å². The lowest BCUT2D eigenvalue weighted by atomic mass is 10.0. The van der Waals surface area contributed by atoms with Crippen molar-refractivity contribution >= 4 is 11.8 Å². The third kappa shape index (κ3) is 2.14. The van der Waals surface area contributed by atoms with Crippen LogP contribution in [-0.4, -0.2) is 23.3 Å². The van der Waals surface area contributed by atoms with Gasteiger partial charge < -0.3 is 5.73 Å². The van der Waals surface area contributed by atoms with Crippen LogP contribution in [-0.2, 0) is 0 Å². The lowest BCUT2D eigenvalue weighted by Gasteiger charge is -2.25. The maximum absolute atomic E-state index is 12.5. The molecule has 2 aromatic rings. The van der Waals surface area contributed by atoms with Crippen molar-refractivity contribution < 1.29 is 9.59 Å². The predicted octanol–water partition coefficient (Wildman–Crippen LogP) is 2.29. The van der Waals surface area contributed by atoms with Crippen LogP contribution in [0.2, 0.25) is 0 Å². The molecule has 3 rings (SSSR count). The van der Waals surface area contributed by atoms with E-state index in [4.69, 9.17) is 5.73 Å². The van der Waals surface area contributed by atoms with E-state index in [9.17, 15) is 9.59 Å². The van der Waals surface area contributed by atoms with Gasteiger partial charge in [0.2, 0.25) is 0 Å². The van der Waals surface area contributed by atoms with Crippen molar-refractivity contribution in [3.63, 3.8) is 0 Å². The SMILES string of the molecule is Cc1ccc(C(CN)N2C(=O)c3ccccc3C2=O)cc1. The summed E-state index contributed by atoms with van der Waals surface area (Å²) >= 11 is 0. The van der Waals surface area contributed by atoms with Crippen LogP contribution >= 0.6 is 0 Å². The normalized spacial score (nSPS) is 15.2. The van der Waals surface area contributed by atoms with Gasteiger partial charge in [0.25, 0.3) is 11.8 Å². The van der Waals surface area contributed by atoms with Crippen molar-refractivity contribution in [2.45, 2.75) is 13.0 Å². The molecule has 0 radical (unpaired) electrons. The van der Waals surface area contributed by atoms with E-state index in [-0.39, 0.29) is 18.4 Å². The van der Waals surface area contributed by atoms with Gasteiger partial charge in [0, 0.05) is 6.54 Å². The lowest BCUT2D eigenvalue weighted by molar-refractivity contribution is 0.0587. The Morgan fingerprint density at radius 2 is 1.48 bits per heavy atom. The second kappa shape index (κ2) is 5.14. The molecule has 0 aliphatic carbocycles. The first-order chi connectivity index (χ1) is 10.1. The zero-order valence-corrected chi connectivity index (χ0v) is 11.7. The van der Waals surface area contributed by atoms with E-state index in [0.717, 1.165) is 11.1 Å². The third-order valence-electron chi connectivity index (χ3n) is 3.82. The van der Waals surface area contributed by atoms with E-state index in [1.165, 1.54) is 4.90 Å². The van der Waals surface area contributed by atoms with Crippen LogP contribution in [0, 0.1) is 6.92 Å². The molecule has 2 aromatic carbocycles. The highest BCUT2D eigenvalue weighted by molar-refractivity contribution is 6.21. The molecule has 1 unspecified atom stereocenters. The molecule has 21 heavy (non-hydrogen) atoms. The summed E-state index contributed by atoms with van der Waals surface area (Å²) in [6.07, 6.45) is 0. The Morgan fingerprint density at radius 3 is 1.95 bits per heavy atom. The minimum absolute atomic E-state index is 0.203. The molecule has 0 aromatic heterocycles. The van der Waals surface area contributed by atoms with Gasteiger partial charge in [0.1, 0.15) is 0 Å². The number of fused-ring (bicyclic) bond motifs is 1. The molecule has 0 saturated heterocycles. The second-order valence-electron chi connectivity index (χ2n) is 5.19. The first kappa shape index (κ1) is 13.5. The summed E-state index contributed by atoms with van der Waals surface area (Å²) in [5.41, 5.74) is 8.73. The van der Waals surface area contributed by atoms with Gasteiger partial charge in [-0.25, -0.2) is 0 Å². The second-order valence-corrected chi connectivity index (χ2v) is 5.19. The number of hydrogen-bond donors (Lipinski definition) is 1. The highest BCUT2D eigenvalue weighted by atomic mass is 16.2. The van der Waals surface area contributed by atoms with Crippen LogP contribution in [0.1, 0.15) is 37.9 Å². The van der Waals surface area contributed by atoms with Gasteiger partial charge in [-0.15, -0.1) is 0 Å². The highest BCUT2D eigenvalue weighted by Crippen LogP contribution is 2.30. The molecular weight excluding hydrogens is 264 g/mol. The molecular formula is C17H16N2O2. The van der Waals surface area contributed by atoms with Gasteiger partial charge in [0.15, 0.2) is 0 Å². The molecule has 1 aliphatic rings. The summed E-state index contributed by atoms with van der Waals surface area (Å²) in [6, 6.07) is 14.2. The maximum atomic E-state index is 12.5. The van der Waals surface area contributed by atoms with Crippen molar-refractivity contribution in [2.24, 2.45) is 5.73 Å². The van der Waals surface area contributed by atoms with E-state index in [1.807, 2.05) is 31.2 Å². The van der Waals surface area contributed by atoms with E-state index < -0.39 is 6.04 Å². The summed E-state index contributed by atoms with van der Waals surface area (Å²) in [7, 11) is 0. The number of carbonyl (C=O) groups excluding carboxylic acids is 2. The van der Waals surface area contributed by atoms with Crippen LogP contribution in [0.15, 0.2) is 48.5 Å². The monoisotopic (exact) mass is 280 g/mol. The molecule has 2 amide bonds. The number of aryl methyl sites for hydroxylation is 1. The molecule has 1 atom stereocenters. The smallest absolute Gasteiger partial charge is 0.262 e. The third-order valence-corrected chi connectivity index (χ3v) is 3.82. The molecule has 2 N–H and O–H groups in total. The van der Waals surface area contributed by atoms with Crippen LogP contribution in [0.4, 0.5) is 0 Å². The summed E-state index contributed by atoms with van der Waals surface area (Å²) in [5.74, 6) is -0.543. The number of carbonyl (C=O) groups is 2. The zero-order valence-electron chi connectivity index (χ0n) is 11.7. The predicted molar refractivity (Wildman–Crippen MR) is 79.9 cm³/mol. The molecule has 1 heterocycles. The van der Waals surface area contributed by atoms with Crippen LogP contribution in [0.3, 0.4) is 0 Å². The van der Waals surface area contributed by atoms with E-state index in [2.05, 4.69) is 0 Å². The van der Waals surface area contributed by atoms with Gasteiger partial charge in [0.05, 0.1) is 17.2 Å². The number of nitrogens with zero attached hydrogens (tertiary/aromatic N) is 1. The Morgan fingerprint density at radius 1 is 0.952 bits per heavy atom. The van der Waals surface area contributed by atoms with Crippen LogP contribution in [0.25, 0.3) is 0 Å². The highest BCUT2D eigenvalue weighted by Gasteiger charge is 2.39. The van der Waals surface area contributed by atoms with E-state index in [1.54, 1.807) is 24.3 Å². The Hall–Kier alpha value is -2.46. The van der Waals surface area contributed by atoms with Crippen LogP contribution in [0.5, 0.6) is 0 Å². The Balaban J connectivity index is 2.01. The van der Waals surface area contributed by atoms with Crippen molar-refractivity contribution in [1.82, 2.24) is 4.90 Å². The van der Waals surface area contributed by atoms with E-state index in [0.29, 0.717) is 11.1 Å². The Labute approximate surface area is 123 Å². The standard InChI is InChI=1S/C17H16N2O2/c1-11-6-8-12(9-7-11)15(10-18)19-16(20)13-4-2-3-5-14(13)17(19)21/h2-9,15H,10,18H2,1H3. The number of hydrogen-bond acceptors (Lipinski definition) is 3. The Bertz CT molecular complexity index is 672. The van der Waals surface area contributed by atoms with Crippen molar-refractivity contribution in [1.29, 1.82) is 0 Å². The topological polar surface area (TPSA) is 63.4 Å². The van der Waals surface area contributed by atoms with Gasteiger partial charge in [-0.3, -0.25) is 14.5 Å². The zero-order chi connectivity index (χ0) is 15.0. The summed E-state index contributed by atoms with van der Waals surface area (Å²) in [5, 5.41) is 0. The summed E-state index contributed by atoms with van der Waals surface area (Å²) < 4.78 is 0. The van der Waals surface area contributed by atoms with Crippen LogP contribution < -0.4 is 5.73 Å². The first-order valence-electron chi connectivity index (χ1n) is 6.87. The fourth-order valence-corrected chi connectivity index (χ4v) is 2.67. The number of amides is 2. The molecule has 0 spiro atoms. The summed E-state index contributed by atoms with van der Waals surface area (Å²) in [6.45, 7) is 2.19.